The summed E-state index contributed by atoms with van der Waals surface area (Å²) in [5.41, 5.74) is 5.75. The second-order valence-electron chi connectivity index (χ2n) is 22.5. The zero-order chi connectivity index (χ0) is 49.1. The molecule has 3 saturated carbocycles. The number of carbonyl (C=O) groups excluding carboxylic acids is 2. The van der Waals surface area contributed by atoms with Gasteiger partial charge < -0.3 is 14.2 Å². The van der Waals surface area contributed by atoms with Crippen molar-refractivity contribution >= 4 is 23.1 Å². The zero-order valence-corrected chi connectivity index (χ0v) is 43.3. The van der Waals surface area contributed by atoms with Crippen molar-refractivity contribution in [2.45, 2.75) is 176 Å². The average molecular weight is 952 g/mol. The van der Waals surface area contributed by atoms with Crippen LogP contribution in [-0.4, -0.2) is 39.5 Å². The SMILES string of the molecule is CC(=O)c1ccc(N=Nc2ccc(OCCCCCCCCCn3cc(COc4ccc(C(=O)OC5CC[C@@]6(C)C(=CC[C@H]7[C@@H]8CC[C@H]([C@H](C)CCCC(C)C)[C@@]8(C)CC[C@@H]76)C5)cc4)nn3)cc2)cc1. The third-order valence-electron chi connectivity index (χ3n) is 17.3. The second-order valence-corrected chi connectivity index (χ2v) is 22.5. The number of carbonyl (C=O) groups is 2. The highest BCUT2D eigenvalue weighted by molar-refractivity contribution is 5.94. The summed E-state index contributed by atoms with van der Waals surface area (Å²) in [6, 6.07) is 22.1. The summed E-state index contributed by atoms with van der Waals surface area (Å²) in [5.74, 6) is 6.26. The number of Topliss-reactive ketones (excluding diaryl/α,β-unsaturated/α-hetero) is 1. The average Bonchev–Trinajstić information content (AvgIpc) is 3.97. The molecular formula is C60H81N5O5. The van der Waals surface area contributed by atoms with Gasteiger partial charge in [0.1, 0.15) is 29.9 Å². The Kier molecular flexibility index (Phi) is 17.5. The van der Waals surface area contributed by atoms with Crippen molar-refractivity contribution < 1.29 is 23.8 Å². The zero-order valence-electron chi connectivity index (χ0n) is 43.3. The first-order chi connectivity index (χ1) is 33.9. The Bertz CT molecular complexity index is 2370. The van der Waals surface area contributed by atoms with Gasteiger partial charge in [-0.1, -0.05) is 103 Å². The van der Waals surface area contributed by atoms with E-state index in [9.17, 15) is 9.59 Å². The molecule has 1 aromatic heterocycles. The van der Waals surface area contributed by atoms with Gasteiger partial charge in [-0.15, -0.1) is 5.10 Å². The van der Waals surface area contributed by atoms with Crippen molar-refractivity contribution in [3.63, 3.8) is 0 Å². The fourth-order valence-corrected chi connectivity index (χ4v) is 13.3. The Morgan fingerprint density at radius 1 is 0.729 bits per heavy atom. The van der Waals surface area contributed by atoms with E-state index in [1.807, 2.05) is 59.4 Å². The molecule has 0 radical (unpaired) electrons. The molecule has 1 heterocycles. The first-order valence-electron chi connectivity index (χ1n) is 27.2. The van der Waals surface area contributed by atoms with Crippen molar-refractivity contribution in [2.75, 3.05) is 6.61 Å². The van der Waals surface area contributed by atoms with E-state index in [4.69, 9.17) is 14.2 Å². The molecule has 376 valence electrons. The largest absolute Gasteiger partial charge is 0.494 e. The number of fused-ring (bicyclic) bond motifs is 5. The lowest BCUT2D eigenvalue weighted by Gasteiger charge is -2.58. The van der Waals surface area contributed by atoms with Crippen LogP contribution >= 0.6 is 0 Å². The van der Waals surface area contributed by atoms with E-state index in [1.54, 1.807) is 36.8 Å². The number of unbranched alkanes of at least 4 members (excludes halogenated alkanes) is 6. The molecule has 4 aliphatic rings. The van der Waals surface area contributed by atoms with Crippen molar-refractivity contribution in [1.29, 1.82) is 0 Å². The van der Waals surface area contributed by atoms with Gasteiger partial charge in [-0.3, -0.25) is 9.48 Å². The summed E-state index contributed by atoms with van der Waals surface area (Å²) >= 11 is 0. The number of aromatic nitrogens is 3. The van der Waals surface area contributed by atoms with Crippen LogP contribution in [-0.2, 0) is 17.9 Å². The normalized spacial score (nSPS) is 25.5. The smallest absolute Gasteiger partial charge is 0.338 e. The van der Waals surface area contributed by atoms with Crippen LogP contribution in [0.5, 0.6) is 11.5 Å². The quantitative estimate of drug-likeness (QED) is 0.0226. The summed E-state index contributed by atoms with van der Waals surface area (Å²) in [5, 5.41) is 17.2. The predicted molar refractivity (Wildman–Crippen MR) is 278 cm³/mol. The van der Waals surface area contributed by atoms with Crippen LogP contribution in [0.4, 0.5) is 11.4 Å². The molecule has 10 heteroatoms. The fourth-order valence-electron chi connectivity index (χ4n) is 13.3. The van der Waals surface area contributed by atoms with E-state index < -0.39 is 0 Å². The maximum Gasteiger partial charge on any atom is 0.338 e. The molecule has 4 aliphatic carbocycles. The lowest BCUT2D eigenvalue weighted by Crippen LogP contribution is -2.51. The molecule has 70 heavy (non-hydrogen) atoms. The minimum Gasteiger partial charge on any atom is -0.494 e. The first-order valence-corrected chi connectivity index (χ1v) is 27.2. The van der Waals surface area contributed by atoms with Gasteiger partial charge in [-0.25, -0.2) is 4.79 Å². The minimum absolute atomic E-state index is 0.0329. The lowest BCUT2D eigenvalue weighted by atomic mass is 9.47. The lowest BCUT2D eigenvalue weighted by molar-refractivity contribution is -0.0594. The summed E-state index contributed by atoms with van der Waals surface area (Å²) in [6.45, 7) is 15.9. The van der Waals surface area contributed by atoms with Crippen LogP contribution in [0.3, 0.4) is 0 Å². The molecule has 4 aromatic rings. The number of esters is 1. The molecule has 10 nitrogen and oxygen atoms in total. The predicted octanol–water partition coefficient (Wildman–Crippen LogP) is 15.9. The van der Waals surface area contributed by atoms with Gasteiger partial charge in [0.15, 0.2) is 5.78 Å². The van der Waals surface area contributed by atoms with Crippen LogP contribution in [0.25, 0.3) is 0 Å². The monoisotopic (exact) mass is 952 g/mol. The van der Waals surface area contributed by atoms with Gasteiger partial charge in [-0.05, 0) is 184 Å². The van der Waals surface area contributed by atoms with E-state index in [0.717, 1.165) is 104 Å². The molecule has 8 atom stereocenters. The van der Waals surface area contributed by atoms with E-state index in [-0.39, 0.29) is 23.3 Å². The first kappa shape index (κ1) is 51.2. The highest BCUT2D eigenvalue weighted by Gasteiger charge is 2.59. The minimum atomic E-state index is -0.243. The number of nitrogens with zero attached hydrogens (tertiary/aromatic N) is 5. The molecule has 0 saturated heterocycles. The van der Waals surface area contributed by atoms with Gasteiger partial charge in [0, 0.05) is 18.5 Å². The Labute approximate surface area is 418 Å². The molecule has 0 bridgehead atoms. The van der Waals surface area contributed by atoms with Crippen molar-refractivity contribution in [2.24, 2.45) is 56.6 Å². The molecule has 0 N–H and O–H groups in total. The molecule has 1 unspecified atom stereocenters. The van der Waals surface area contributed by atoms with Crippen LogP contribution in [0.2, 0.25) is 0 Å². The van der Waals surface area contributed by atoms with Gasteiger partial charge in [-0.2, -0.15) is 10.2 Å². The number of azo groups is 1. The van der Waals surface area contributed by atoms with Gasteiger partial charge in [0.25, 0.3) is 0 Å². The van der Waals surface area contributed by atoms with Gasteiger partial charge in [0.2, 0.25) is 0 Å². The third kappa shape index (κ3) is 12.9. The molecule has 8 rings (SSSR count). The number of hydrogen-bond donors (Lipinski definition) is 0. The Hall–Kier alpha value is -5.12. The van der Waals surface area contributed by atoms with Crippen LogP contribution in [0, 0.1) is 46.3 Å². The Balaban J connectivity index is 0.676. The number of allylic oxidation sites excluding steroid dienone is 1. The highest BCUT2D eigenvalue weighted by Crippen LogP contribution is 2.67. The maximum absolute atomic E-state index is 13.4. The number of benzene rings is 3. The molecular weight excluding hydrogens is 871 g/mol. The topological polar surface area (TPSA) is 117 Å². The highest BCUT2D eigenvalue weighted by atomic mass is 16.5. The van der Waals surface area contributed by atoms with Crippen molar-refractivity contribution in [3.05, 3.63) is 107 Å². The van der Waals surface area contributed by atoms with Gasteiger partial charge >= 0.3 is 5.97 Å². The Morgan fingerprint density at radius 2 is 1.39 bits per heavy atom. The number of ketones is 1. The Morgan fingerprint density at radius 3 is 2.10 bits per heavy atom. The number of ether oxygens (including phenoxy) is 3. The third-order valence-corrected chi connectivity index (χ3v) is 17.3. The van der Waals surface area contributed by atoms with Crippen LogP contribution in [0.1, 0.15) is 184 Å². The molecule has 0 amide bonds. The van der Waals surface area contributed by atoms with Crippen LogP contribution in [0.15, 0.2) is 101 Å². The number of rotatable bonds is 24. The number of hydrogen-bond acceptors (Lipinski definition) is 9. The summed E-state index contributed by atoms with van der Waals surface area (Å²) in [7, 11) is 0. The van der Waals surface area contributed by atoms with E-state index in [0.29, 0.717) is 41.2 Å². The summed E-state index contributed by atoms with van der Waals surface area (Å²) < 4.78 is 20.1. The maximum atomic E-state index is 13.4. The molecule has 0 spiro atoms. The molecule has 0 aliphatic heterocycles. The van der Waals surface area contributed by atoms with Gasteiger partial charge in [0.05, 0.1) is 29.7 Å². The standard InChI is InChI=1S/C60H81N5O5/c1-42(2)15-14-16-43(3)55-31-32-56-54-30-21-47-39-53(33-35-59(47,5)57(54)34-36-60(55,56)6)70-58(67)46-19-26-52(27-20-46)69-41-50-40-65(64-63-50)37-12-10-8-7-9-11-13-38-68-51-28-24-49(25-29-51)62-61-48-22-17-45(18-23-48)44(4)66/h17-29,40,42-43,53-57H,7-16,30-39,41H2,1-6H3/t43-,53?,54+,55-,56+,57+,59+,60-/m1/s1. The molecule has 3 fully saturated rings. The van der Waals surface area contributed by atoms with Crippen molar-refractivity contribution in [1.82, 2.24) is 15.0 Å². The number of aryl methyl sites for hydroxylation is 1. The summed E-state index contributed by atoms with van der Waals surface area (Å²) in [4.78, 5) is 24.9. The van der Waals surface area contributed by atoms with E-state index >= 15 is 0 Å². The van der Waals surface area contributed by atoms with Crippen LogP contribution < -0.4 is 9.47 Å². The van der Waals surface area contributed by atoms with E-state index in [2.05, 4.69) is 61.2 Å². The van der Waals surface area contributed by atoms with E-state index in [1.165, 1.54) is 70.6 Å². The fraction of sp³-hybridized carbons (Fsp3) is 0.600. The summed E-state index contributed by atoms with van der Waals surface area (Å²) in [6.07, 6.45) is 26.4. The van der Waals surface area contributed by atoms with Crippen molar-refractivity contribution in [3.8, 4) is 11.5 Å². The second kappa shape index (κ2) is 23.9. The molecule has 3 aromatic carbocycles.